The largest absolute Gasteiger partial charge is 0.137 e. The Hall–Kier alpha value is 0.0500. The van der Waals surface area contributed by atoms with Crippen LogP contribution >= 0.6 is 23.1 Å². The van der Waals surface area contributed by atoms with Crippen LogP contribution in [0.1, 0.15) is 25.3 Å². The lowest BCUT2D eigenvalue weighted by Crippen LogP contribution is -1.99. The van der Waals surface area contributed by atoms with Gasteiger partial charge >= 0.3 is 0 Å². The second kappa shape index (κ2) is 2.28. The van der Waals surface area contributed by atoms with Crippen LogP contribution in [0.15, 0.2) is 15.7 Å². The van der Waals surface area contributed by atoms with Crippen LogP contribution in [0.5, 0.6) is 0 Å². The third-order valence-electron chi connectivity index (χ3n) is 2.15. The molecule has 0 aromatic carbocycles. The topological polar surface area (TPSA) is 0 Å². The highest BCUT2D eigenvalue weighted by atomic mass is 32.2. The number of hydrogen-bond donors (Lipinski definition) is 0. The Labute approximate surface area is 69.6 Å². The van der Waals surface area contributed by atoms with E-state index in [9.17, 15) is 0 Å². The maximum absolute atomic E-state index is 2.32. The first-order valence-electron chi connectivity index (χ1n) is 3.53. The Morgan fingerprint density at radius 3 is 2.90 bits per heavy atom. The van der Waals surface area contributed by atoms with E-state index in [-0.39, 0.29) is 0 Å². The number of hydrogen-bond acceptors (Lipinski definition) is 2. The SMILES string of the molecule is CC1Sc2sccc2C1C. The maximum Gasteiger partial charge on any atom is 0.0636 e. The van der Waals surface area contributed by atoms with Gasteiger partial charge in [0.15, 0.2) is 0 Å². The van der Waals surface area contributed by atoms with Crippen molar-refractivity contribution >= 4 is 23.1 Å². The van der Waals surface area contributed by atoms with E-state index in [1.165, 1.54) is 0 Å². The summed E-state index contributed by atoms with van der Waals surface area (Å²) in [7, 11) is 0. The molecule has 0 spiro atoms. The Bertz CT molecular complexity index is 239. The fraction of sp³-hybridized carbons (Fsp3) is 0.500. The zero-order valence-electron chi connectivity index (χ0n) is 6.13. The van der Waals surface area contributed by atoms with E-state index in [0.29, 0.717) is 0 Å². The second-order valence-corrected chi connectivity index (χ2v) is 5.34. The molecule has 2 atom stereocenters. The van der Waals surface area contributed by atoms with Crippen LogP contribution in [0.2, 0.25) is 0 Å². The van der Waals surface area contributed by atoms with E-state index in [4.69, 9.17) is 0 Å². The highest BCUT2D eigenvalue weighted by Crippen LogP contribution is 2.47. The fourth-order valence-corrected chi connectivity index (χ4v) is 3.91. The minimum Gasteiger partial charge on any atom is -0.137 e. The number of rotatable bonds is 0. The number of thioether (sulfide) groups is 1. The molecule has 0 fully saturated rings. The molecule has 10 heavy (non-hydrogen) atoms. The van der Waals surface area contributed by atoms with Crippen LogP contribution in [-0.2, 0) is 0 Å². The summed E-state index contributed by atoms with van der Waals surface area (Å²) in [4.78, 5) is 0. The van der Waals surface area contributed by atoms with Gasteiger partial charge in [0.25, 0.3) is 0 Å². The van der Waals surface area contributed by atoms with Crippen LogP contribution < -0.4 is 0 Å². The summed E-state index contributed by atoms with van der Waals surface area (Å²) < 4.78 is 1.54. The summed E-state index contributed by atoms with van der Waals surface area (Å²) in [5, 5.41) is 2.99. The first-order valence-corrected chi connectivity index (χ1v) is 5.29. The molecule has 0 amide bonds. The van der Waals surface area contributed by atoms with Crippen molar-refractivity contribution in [3.05, 3.63) is 17.0 Å². The number of fused-ring (bicyclic) bond motifs is 1. The van der Waals surface area contributed by atoms with Gasteiger partial charge in [-0.2, -0.15) is 0 Å². The van der Waals surface area contributed by atoms with E-state index in [2.05, 4.69) is 25.3 Å². The van der Waals surface area contributed by atoms with Gasteiger partial charge in [-0.1, -0.05) is 13.8 Å². The van der Waals surface area contributed by atoms with E-state index in [1.807, 2.05) is 23.1 Å². The highest BCUT2D eigenvalue weighted by molar-refractivity contribution is 8.02. The van der Waals surface area contributed by atoms with Crippen molar-refractivity contribution in [3.8, 4) is 0 Å². The lowest BCUT2D eigenvalue weighted by Gasteiger charge is -2.06. The molecule has 0 aliphatic carbocycles. The molecule has 1 aromatic heterocycles. The second-order valence-electron chi connectivity index (χ2n) is 2.78. The average molecular weight is 170 g/mol. The molecule has 0 bridgehead atoms. The predicted molar refractivity (Wildman–Crippen MR) is 48.1 cm³/mol. The molecule has 2 heteroatoms. The first-order chi connectivity index (χ1) is 4.79. The smallest absolute Gasteiger partial charge is 0.0636 e. The summed E-state index contributed by atoms with van der Waals surface area (Å²) in [6.07, 6.45) is 0. The molecule has 0 nitrogen and oxygen atoms in total. The quantitative estimate of drug-likeness (QED) is 0.575. The van der Waals surface area contributed by atoms with E-state index in [0.717, 1.165) is 11.2 Å². The molecule has 2 unspecified atom stereocenters. The van der Waals surface area contributed by atoms with Crippen LogP contribution in [0.25, 0.3) is 0 Å². The highest BCUT2D eigenvalue weighted by Gasteiger charge is 2.26. The molecular weight excluding hydrogens is 160 g/mol. The van der Waals surface area contributed by atoms with Gasteiger partial charge in [-0.05, 0) is 22.9 Å². The lowest BCUT2D eigenvalue weighted by atomic mass is 10.0. The zero-order chi connectivity index (χ0) is 7.14. The third-order valence-corrected chi connectivity index (χ3v) is 4.68. The van der Waals surface area contributed by atoms with E-state index in [1.54, 1.807) is 9.77 Å². The minimum absolute atomic E-state index is 0.770. The standard InChI is InChI=1S/C8H10S2/c1-5-6(2)10-8-7(5)3-4-9-8/h3-6H,1-2H3. The molecule has 54 valence electrons. The average Bonchev–Trinajstić information content (AvgIpc) is 2.41. The van der Waals surface area contributed by atoms with Crippen molar-refractivity contribution in [3.63, 3.8) is 0 Å². The van der Waals surface area contributed by atoms with Crippen molar-refractivity contribution < 1.29 is 0 Å². The van der Waals surface area contributed by atoms with Crippen molar-refractivity contribution in [1.29, 1.82) is 0 Å². The summed E-state index contributed by atoms with van der Waals surface area (Å²) in [6, 6.07) is 2.27. The molecule has 2 rings (SSSR count). The van der Waals surface area contributed by atoms with Gasteiger partial charge in [0.05, 0.1) is 4.21 Å². The van der Waals surface area contributed by atoms with Crippen molar-refractivity contribution in [2.45, 2.75) is 29.2 Å². The van der Waals surface area contributed by atoms with E-state index >= 15 is 0 Å². The third kappa shape index (κ3) is 0.823. The molecule has 0 saturated heterocycles. The van der Waals surface area contributed by atoms with Crippen LogP contribution in [0.4, 0.5) is 0 Å². The summed E-state index contributed by atoms with van der Waals surface area (Å²) in [5.41, 5.74) is 1.57. The molecular formula is C8H10S2. The molecule has 1 aromatic rings. The molecule has 1 aliphatic heterocycles. The minimum atomic E-state index is 0.770. The lowest BCUT2D eigenvalue weighted by molar-refractivity contribution is 0.765. The normalized spacial score (nSPS) is 30.6. The van der Waals surface area contributed by atoms with Gasteiger partial charge in [-0.15, -0.1) is 23.1 Å². The van der Waals surface area contributed by atoms with Gasteiger partial charge in [0.1, 0.15) is 0 Å². The summed E-state index contributed by atoms with van der Waals surface area (Å²) in [6.45, 7) is 4.62. The van der Waals surface area contributed by atoms with Crippen molar-refractivity contribution in [2.24, 2.45) is 0 Å². The molecule has 0 radical (unpaired) electrons. The molecule has 2 heterocycles. The van der Waals surface area contributed by atoms with E-state index < -0.39 is 0 Å². The Balaban J connectivity index is 2.43. The van der Waals surface area contributed by atoms with Gasteiger partial charge in [0, 0.05) is 5.25 Å². The van der Waals surface area contributed by atoms with Crippen LogP contribution in [-0.4, -0.2) is 5.25 Å². The first kappa shape index (κ1) is 6.74. The maximum atomic E-state index is 2.32. The van der Waals surface area contributed by atoms with Gasteiger partial charge < -0.3 is 0 Å². The van der Waals surface area contributed by atoms with Gasteiger partial charge in [-0.3, -0.25) is 0 Å². The Kier molecular flexibility index (Phi) is 1.53. The van der Waals surface area contributed by atoms with Crippen molar-refractivity contribution in [1.82, 2.24) is 0 Å². The zero-order valence-corrected chi connectivity index (χ0v) is 7.76. The van der Waals surface area contributed by atoms with Crippen LogP contribution in [0, 0.1) is 0 Å². The Morgan fingerprint density at radius 2 is 2.20 bits per heavy atom. The monoisotopic (exact) mass is 170 g/mol. The van der Waals surface area contributed by atoms with Gasteiger partial charge in [0.2, 0.25) is 0 Å². The molecule has 0 saturated carbocycles. The number of thiophene rings is 1. The van der Waals surface area contributed by atoms with Crippen molar-refractivity contribution in [2.75, 3.05) is 0 Å². The summed E-state index contributed by atoms with van der Waals surface area (Å²) in [5.74, 6) is 0.770. The molecule has 1 aliphatic rings. The van der Waals surface area contributed by atoms with Gasteiger partial charge in [-0.25, -0.2) is 0 Å². The molecule has 0 N–H and O–H groups in total. The van der Waals surface area contributed by atoms with Crippen LogP contribution in [0.3, 0.4) is 0 Å². The Morgan fingerprint density at radius 1 is 1.40 bits per heavy atom. The predicted octanol–water partition coefficient (Wildman–Crippen LogP) is 3.35. The fourth-order valence-electron chi connectivity index (χ4n) is 1.26. The summed E-state index contributed by atoms with van der Waals surface area (Å²) >= 11 is 3.91.